The van der Waals surface area contributed by atoms with Gasteiger partial charge >= 0.3 is 0 Å². The van der Waals surface area contributed by atoms with Gasteiger partial charge in [0.1, 0.15) is 0 Å². The number of carbonyl (C=O) groups excluding carboxylic acids is 1. The zero-order valence-electron chi connectivity index (χ0n) is 15.9. The van der Waals surface area contributed by atoms with Crippen molar-refractivity contribution in [3.63, 3.8) is 0 Å². The van der Waals surface area contributed by atoms with Crippen LogP contribution in [0.3, 0.4) is 0 Å². The van der Waals surface area contributed by atoms with Crippen molar-refractivity contribution in [1.29, 1.82) is 0 Å². The molecule has 1 aliphatic carbocycles. The maximum atomic E-state index is 12.8. The summed E-state index contributed by atoms with van der Waals surface area (Å²) in [5.74, 6) is -0.416. The van der Waals surface area contributed by atoms with Crippen LogP contribution in [0.25, 0.3) is 0 Å². The van der Waals surface area contributed by atoms with Crippen LogP contribution in [-0.2, 0) is 9.47 Å². The van der Waals surface area contributed by atoms with E-state index in [-0.39, 0.29) is 5.91 Å². The van der Waals surface area contributed by atoms with E-state index in [2.05, 4.69) is 16.4 Å². The molecular formula is C21H29N3O3. The Morgan fingerprint density at radius 1 is 1.19 bits per heavy atom. The molecule has 1 aromatic rings. The van der Waals surface area contributed by atoms with Gasteiger partial charge in [-0.3, -0.25) is 9.78 Å². The number of anilines is 1. The molecule has 2 fully saturated rings. The van der Waals surface area contributed by atoms with E-state index >= 15 is 0 Å². The van der Waals surface area contributed by atoms with Crippen LogP contribution in [-0.4, -0.2) is 54.4 Å². The highest BCUT2D eigenvalue weighted by molar-refractivity contribution is 5.94. The molecule has 27 heavy (non-hydrogen) atoms. The molecule has 3 aliphatic rings. The van der Waals surface area contributed by atoms with Gasteiger partial charge in [0.25, 0.3) is 5.91 Å². The molecule has 0 radical (unpaired) electrons. The molecule has 6 heteroatoms. The second-order valence-corrected chi connectivity index (χ2v) is 7.65. The molecule has 1 spiro atoms. The summed E-state index contributed by atoms with van der Waals surface area (Å²) in [6.45, 7) is 3.51. The van der Waals surface area contributed by atoms with E-state index in [4.69, 9.17) is 9.47 Å². The van der Waals surface area contributed by atoms with Crippen LogP contribution < -0.4 is 5.32 Å². The van der Waals surface area contributed by atoms with E-state index in [1.807, 2.05) is 11.0 Å². The lowest BCUT2D eigenvalue weighted by molar-refractivity contribution is -0.181. The number of aromatic nitrogens is 1. The molecule has 146 valence electrons. The summed E-state index contributed by atoms with van der Waals surface area (Å²) >= 11 is 0. The van der Waals surface area contributed by atoms with Gasteiger partial charge in [0.2, 0.25) is 0 Å². The lowest BCUT2D eigenvalue weighted by atomic mass is 9.97. The first-order chi connectivity index (χ1) is 13.2. The predicted molar refractivity (Wildman–Crippen MR) is 104 cm³/mol. The van der Waals surface area contributed by atoms with Crippen LogP contribution in [0, 0.1) is 0 Å². The number of pyridine rings is 1. The number of carbonyl (C=O) groups is 1. The maximum absolute atomic E-state index is 12.8. The van der Waals surface area contributed by atoms with Gasteiger partial charge in [0.15, 0.2) is 5.79 Å². The van der Waals surface area contributed by atoms with Crippen molar-refractivity contribution in [2.24, 2.45) is 0 Å². The molecule has 0 aromatic carbocycles. The van der Waals surface area contributed by atoms with Gasteiger partial charge in [-0.25, -0.2) is 0 Å². The summed E-state index contributed by atoms with van der Waals surface area (Å²) < 4.78 is 11.5. The summed E-state index contributed by atoms with van der Waals surface area (Å²) in [5, 5.41) is 3.42. The minimum absolute atomic E-state index is 0.0361. The summed E-state index contributed by atoms with van der Waals surface area (Å²) in [6.07, 6.45) is 13.4. The predicted octanol–water partition coefficient (Wildman–Crippen LogP) is 3.36. The topological polar surface area (TPSA) is 63.7 Å². The van der Waals surface area contributed by atoms with E-state index in [1.54, 1.807) is 18.0 Å². The van der Waals surface area contributed by atoms with Gasteiger partial charge < -0.3 is 19.7 Å². The highest BCUT2D eigenvalue weighted by atomic mass is 16.7. The van der Waals surface area contributed by atoms with Crippen molar-refractivity contribution in [3.05, 3.63) is 35.7 Å². The maximum Gasteiger partial charge on any atom is 0.255 e. The number of ether oxygens (including phenoxy) is 2. The van der Waals surface area contributed by atoms with E-state index in [1.165, 1.54) is 25.7 Å². The number of hydrogen-bond acceptors (Lipinski definition) is 5. The third-order valence-electron chi connectivity index (χ3n) is 5.77. The number of amides is 1. The van der Waals surface area contributed by atoms with Crippen LogP contribution in [0.15, 0.2) is 30.1 Å². The summed E-state index contributed by atoms with van der Waals surface area (Å²) in [4.78, 5) is 19.0. The summed E-state index contributed by atoms with van der Waals surface area (Å²) in [5.41, 5.74) is 3.10. The van der Waals surface area contributed by atoms with Crippen LogP contribution >= 0.6 is 0 Å². The Kier molecular flexibility index (Phi) is 5.74. The van der Waals surface area contributed by atoms with Crippen LogP contribution in [0.2, 0.25) is 0 Å². The number of nitrogens with one attached hydrogen (secondary N) is 1. The number of nitrogens with zero attached hydrogens (tertiary/aromatic N) is 2. The van der Waals surface area contributed by atoms with Crippen molar-refractivity contribution in [3.8, 4) is 0 Å². The average molecular weight is 371 g/mol. The Morgan fingerprint density at radius 2 is 2.00 bits per heavy atom. The highest BCUT2D eigenvalue weighted by Crippen LogP contribution is 2.31. The third kappa shape index (κ3) is 4.50. The molecule has 2 saturated heterocycles. The monoisotopic (exact) mass is 371 g/mol. The quantitative estimate of drug-likeness (QED) is 0.804. The molecule has 1 aromatic heterocycles. The smallest absolute Gasteiger partial charge is 0.255 e. The fraction of sp³-hybridized carbons (Fsp3) is 0.619. The molecule has 1 amide bonds. The van der Waals surface area contributed by atoms with Crippen LogP contribution in [0.4, 0.5) is 5.69 Å². The molecule has 0 saturated carbocycles. The number of rotatable bonds is 5. The van der Waals surface area contributed by atoms with Crippen LogP contribution in [0.5, 0.6) is 0 Å². The lowest BCUT2D eigenvalue weighted by Gasteiger charge is -2.37. The first kappa shape index (κ1) is 18.4. The summed E-state index contributed by atoms with van der Waals surface area (Å²) in [6, 6.07) is 1.91. The molecule has 1 N–H and O–H groups in total. The van der Waals surface area contributed by atoms with Crippen molar-refractivity contribution in [1.82, 2.24) is 9.88 Å². The Labute approximate surface area is 160 Å². The highest BCUT2D eigenvalue weighted by Gasteiger charge is 2.40. The minimum atomic E-state index is -0.452. The molecule has 2 aliphatic heterocycles. The van der Waals surface area contributed by atoms with Gasteiger partial charge in [-0.2, -0.15) is 0 Å². The number of allylic oxidation sites excluding steroid dienone is 1. The first-order valence-corrected chi connectivity index (χ1v) is 10.2. The standard InChI is InChI=1S/C21H29N3O3/c25-20(24-10-7-21(8-11-24)26-12-13-27-21)18-14-19(16-22-15-18)23-9-6-17-4-2-1-3-5-17/h4,14-16,23H,1-3,5-13H2. The minimum Gasteiger partial charge on any atom is -0.383 e. The van der Waals surface area contributed by atoms with Gasteiger partial charge in [-0.1, -0.05) is 11.6 Å². The van der Waals surface area contributed by atoms with Gasteiger partial charge in [-0.15, -0.1) is 0 Å². The Bertz CT molecular complexity index is 688. The van der Waals surface area contributed by atoms with E-state index in [9.17, 15) is 4.79 Å². The van der Waals surface area contributed by atoms with E-state index in [0.717, 1.165) is 31.5 Å². The van der Waals surface area contributed by atoms with Gasteiger partial charge in [-0.05, 0) is 38.2 Å². The lowest BCUT2D eigenvalue weighted by Crippen LogP contribution is -2.47. The number of likely N-dealkylation sites (tertiary alicyclic amines) is 1. The zero-order valence-corrected chi connectivity index (χ0v) is 15.9. The largest absolute Gasteiger partial charge is 0.383 e. The second kappa shape index (κ2) is 8.40. The summed E-state index contributed by atoms with van der Waals surface area (Å²) in [7, 11) is 0. The van der Waals surface area contributed by atoms with E-state index < -0.39 is 5.79 Å². The third-order valence-corrected chi connectivity index (χ3v) is 5.77. The molecule has 4 rings (SSSR count). The normalized spacial score (nSPS) is 21.9. The van der Waals surface area contributed by atoms with Crippen molar-refractivity contribution in [2.75, 3.05) is 38.2 Å². The Hall–Kier alpha value is -1.92. The molecular weight excluding hydrogens is 342 g/mol. The molecule has 6 nitrogen and oxygen atoms in total. The second-order valence-electron chi connectivity index (χ2n) is 7.65. The van der Waals surface area contributed by atoms with Crippen LogP contribution in [0.1, 0.15) is 55.3 Å². The number of piperidine rings is 1. The van der Waals surface area contributed by atoms with E-state index in [0.29, 0.717) is 31.9 Å². The first-order valence-electron chi connectivity index (χ1n) is 10.2. The SMILES string of the molecule is O=C(c1cncc(NCCC2=CCCCC2)c1)N1CCC2(CC1)OCCO2. The molecule has 3 heterocycles. The molecule has 0 bridgehead atoms. The Morgan fingerprint density at radius 3 is 2.74 bits per heavy atom. The number of hydrogen-bond donors (Lipinski definition) is 1. The van der Waals surface area contributed by atoms with Crippen molar-refractivity contribution < 1.29 is 14.3 Å². The fourth-order valence-corrected chi connectivity index (χ4v) is 4.17. The van der Waals surface area contributed by atoms with Crippen molar-refractivity contribution in [2.45, 2.75) is 50.7 Å². The molecule has 0 atom stereocenters. The average Bonchev–Trinajstić information content (AvgIpc) is 3.17. The zero-order chi connectivity index (χ0) is 18.5. The van der Waals surface area contributed by atoms with Gasteiger partial charge in [0, 0.05) is 44.9 Å². The van der Waals surface area contributed by atoms with Gasteiger partial charge in [0.05, 0.1) is 24.5 Å². The molecule has 0 unspecified atom stereocenters. The van der Waals surface area contributed by atoms with Crippen molar-refractivity contribution >= 4 is 11.6 Å². The Balaban J connectivity index is 1.30. The fourth-order valence-electron chi connectivity index (χ4n) is 4.17.